The predicted octanol–water partition coefficient (Wildman–Crippen LogP) is 4.58. The lowest BCUT2D eigenvalue weighted by Gasteiger charge is -2.30. The van der Waals surface area contributed by atoms with Gasteiger partial charge in [-0.25, -0.2) is 4.79 Å². The van der Waals surface area contributed by atoms with E-state index < -0.39 is 29.4 Å². The Labute approximate surface area is 197 Å². The number of hydrogen-bond donors (Lipinski definition) is 2. The average molecular weight is 481 g/mol. The molecular weight excluding hydrogens is 455 g/mol. The minimum atomic E-state index is -1.26. The number of carbonyl (C=O) groups is 2. The van der Waals surface area contributed by atoms with Gasteiger partial charge in [0, 0.05) is 10.6 Å². The fourth-order valence-electron chi connectivity index (χ4n) is 3.28. The largest absolute Gasteiger partial charge is 0.444 e. The van der Waals surface area contributed by atoms with E-state index in [1.165, 1.54) is 0 Å². The Morgan fingerprint density at radius 3 is 2.34 bits per heavy atom. The molecule has 9 heteroatoms. The monoisotopic (exact) mass is 480 g/mol. The summed E-state index contributed by atoms with van der Waals surface area (Å²) in [6.45, 7) is 5.91. The Morgan fingerprint density at radius 2 is 1.75 bits per heavy atom. The Balaban J connectivity index is 1.79. The minimum Gasteiger partial charge on any atom is -0.444 e. The molecule has 172 valence electrons. The fourth-order valence-corrected chi connectivity index (χ4v) is 3.84. The standard InChI is InChI=1S/C23H26Cl2N2O5/c1-22(2,3)32-21(29)27-19(15-7-5-4-6-8-15)20(28)26-14-23(30-11-12-31-23)17-10-9-16(24)13-18(17)25/h4-10,13,19H,11-12,14H2,1-3H3,(H,26,28)(H,27,29). The van der Waals surface area contributed by atoms with Gasteiger partial charge in [0.25, 0.3) is 0 Å². The van der Waals surface area contributed by atoms with Crippen molar-refractivity contribution in [3.63, 3.8) is 0 Å². The molecule has 1 atom stereocenters. The Morgan fingerprint density at radius 1 is 1.09 bits per heavy atom. The molecule has 0 bridgehead atoms. The van der Waals surface area contributed by atoms with Gasteiger partial charge in [-0.1, -0.05) is 59.6 Å². The fraction of sp³-hybridized carbons (Fsp3) is 0.391. The molecule has 0 aromatic heterocycles. The lowest BCUT2D eigenvalue weighted by atomic mass is 10.0. The minimum absolute atomic E-state index is 0.0213. The SMILES string of the molecule is CC(C)(C)OC(=O)NC(C(=O)NCC1(c2ccc(Cl)cc2Cl)OCCO1)c1ccccc1. The zero-order valence-electron chi connectivity index (χ0n) is 18.1. The molecule has 0 aliphatic carbocycles. The highest BCUT2D eigenvalue weighted by Crippen LogP contribution is 2.36. The van der Waals surface area contributed by atoms with Crippen molar-refractivity contribution in [2.75, 3.05) is 19.8 Å². The van der Waals surface area contributed by atoms with Crippen LogP contribution in [0.15, 0.2) is 48.5 Å². The summed E-state index contributed by atoms with van der Waals surface area (Å²) < 4.78 is 17.0. The summed E-state index contributed by atoms with van der Waals surface area (Å²) in [4.78, 5) is 25.5. The lowest BCUT2D eigenvalue weighted by Crippen LogP contribution is -2.47. The summed E-state index contributed by atoms with van der Waals surface area (Å²) in [6.07, 6.45) is -0.703. The molecule has 32 heavy (non-hydrogen) atoms. The lowest BCUT2D eigenvalue weighted by molar-refractivity contribution is -0.165. The highest BCUT2D eigenvalue weighted by atomic mass is 35.5. The van der Waals surface area contributed by atoms with E-state index in [-0.39, 0.29) is 6.54 Å². The topological polar surface area (TPSA) is 85.9 Å². The zero-order chi connectivity index (χ0) is 23.4. The number of alkyl carbamates (subject to hydrolysis) is 1. The van der Waals surface area contributed by atoms with Crippen LogP contribution < -0.4 is 10.6 Å². The van der Waals surface area contributed by atoms with E-state index in [0.717, 1.165) is 0 Å². The van der Waals surface area contributed by atoms with Crippen LogP contribution in [0.3, 0.4) is 0 Å². The smallest absolute Gasteiger partial charge is 0.408 e. The molecule has 2 amide bonds. The van der Waals surface area contributed by atoms with Gasteiger partial charge in [-0.3, -0.25) is 4.79 Å². The summed E-state index contributed by atoms with van der Waals surface area (Å²) in [5, 5.41) is 6.29. The van der Waals surface area contributed by atoms with Crippen molar-refractivity contribution in [2.24, 2.45) is 0 Å². The highest BCUT2D eigenvalue weighted by molar-refractivity contribution is 6.35. The van der Waals surface area contributed by atoms with Crippen molar-refractivity contribution in [1.82, 2.24) is 10.6 Å². The van der Waals surface area contributed by atoms with Crippen LogP contribution in [-0.2, 0) is 24.8 Å². The first kappa shape index (κ1) is 24.3. The maximum Gasteiger partial charge on any atom is 0.408 e. The molecule has 2 aromatic carbocycles. The van der Waals surface area contributed by atoms with Crippen molar-refractivity contribution in [3.8, 4) is 0 Å². The van der Waals surface area contributed by atoms with Crippen LogP contribution >= 0.6 is 23.2 Å². The molecule has 1 unspecified atom stereocenters. The zero-order valence-corrected chi connectivity index (χ0v) is 19.6. The Bertz CT molecular complexity index is 957. The number of hydrogen-bond acceptors (Lipinski definition) is 5. The predicted molar refractivity (Wildman–Crippen MR) is 122 cm³/mol. The number of halogens is 2. The summed E-state index contributed by atoms with van der Waals surface area (Å²) >= 11 is 12.4. The van der Waals surface area contributed by atoms with Crippen LogP contribution in [0.4, 0.5) is 4.79 Å². The maximum atomic E-state index is 13.2. The molecule has 1 aliphatic rings. The molecule has 1 fully saturated rings. The van der Waals surface area contributed by atoms with Crippen LogP contribution in [0.25, 0.3) is 0 Å². The van der Waals surface area contributed by atoms with Crippen LogP contribution in [-0.4, -0.2) is 37.4 Å². The summed E-state index contributed by atoms with van der Waals surface area (Å²) in [7, 11) is 0. The maximum absolute atomic E-state index is 13.2. The van der Waals surface area contributed by atoms with Gasteiger partial charge in [0.1, 0.15) is 11.6 Å². The van der Waals surface area contributed by atoms with E-state index in [4.69, 9.17) is 37.4 Å². The van der Waals surface area contributed by atoms with Gasteiger partial charge in [-0.15, -0.1) is 0 Å². The van der Waals surface area contributed by atoms with E-state index in [1.54, 1.807) is 63.2 Å². The van der Waals surface area contributed by atoms with E-state index in [9.17, 15) is 9.59 Å². The molecule has 0 spiro atoms. The Hall–Kier alpha value is -2.32. The van der Waals surface area contributed by atoms with E-state index in [1.807, 2.05) is 6.07 Å². The Kier molecular flexibility index (Phi) is 7.67. The van der Waals surface area contributed by atoms with Gasteiger partial charge < -0.3 is 24.8 Å². The summed E-state index contributed by atoms with van der Waals surface area (Å²) in [6, 6.07) is 12.9. The first-order valence-electron chi connectivity index (χ1n) is 10.2. The van der Waals surface area contributed by atoms with Crippen LogP contribution in [0.1, 0.15) is 37.9 Å². The van der Waals surface area contributed by atoms with Crippen molar-refractivity contribution in [3.05, 3.63) is 69.7 Å². The molecule has 2 aromatic rings. The van der Waals surface area contributed by atoms with Gasteiger partial charge in [-0.2, -0.15) is 0 Å². The third-order valence-electron chi connectivity index (χ3n) is 4.65. The number of rotatable bonds is 6. The van der Waals surface area contributed by atoms with Gasteiger partial charge in [0.05, 0.1) is 24.8 Å². The van der Waals surface area contributed by atoms with Gasteiger partial charge in [-0.05, 0) is 38.5 Å². The van der Waals surface area contributed by atoms with E-state index >= 15 is 0 Å². The molecule has 2 N–H and O–H groups in total. The number of amides is 2. The number of carbonyl (C=O) groups excluding carboxylic acids is 2. The first-order chi connectivity index (χ1) is 15.1. The second-order valence-electron chi connectivity index (χ2n) is 8.28. The van der Waals surface area contributed by atoms with E-state index in [2.05, 4.69) is 10.6 Å². The molecule has 3 rings (SSSR count). The summed E-state index contributed by atoms with van der Waals surface area (Å²) in [5.74, 6) is -1.71. The van der Waals surface area contributed by atoms with Crippen molar-refractivity contribution < 1.29 is 23.8 Å². The van der Waals surface area contributed by atoms with Gasteiger partial charge in [0.15, 0.2) is 0 Å². The number of nitrogens with one attached hydrogen (secondary N) is 2. The first-order valence-corrected chi connectivity index (χ1v) is 10.9. The van der Waals surface area contributed by atoms with Crippen molar-refractivity contribution >= 4 is 35.2 Å². The van der Waals surface area contributed by atoms with Crippen LogP contribution in [0.2, 0.25) is 10.0 Å². The van der Waals surface area contributed by atoms with Gasteiger partial charge >= 0.3 is 6.09 Å². The molecule has 7 nitrogen and oxygen atoms in total. The molecule has 1 heterocycles. The number of ether oxygens (including phenoxy) is 3. The molecule has 1 aliphatic heterocycles. The quantitative estimate of drug-likeness (QED) is 0.631. The highest BCUT2D eigenvalue weighted by Gasteiger charge is 2.41. The molecule has 1 saturated heterocycles. The third-order valence-corrected chi connectivity index (χ3v) is 5.19. The van der Waals surface area contributed by atoms with Crippen LogP contribution in [0, 0.1) is 0 Å². The normalized spacial score (nSPS) is 16.3. The van der Waals surface area contributed by atoms with Crippen molar-refractivity contribution in [1.29, 1.82) is 0 Å². The molecule has 0 saturated carbocycles. The third kappa shape index (κ3) is 6.13. The van der Waals surface area contributed by atoms with Crippen LogP contribution in [0.5, 0.6) is 0 Å². The molecular formula is C23H26Cl2N2O5. The van der Waals surface area contributed by atoms with Gasteiger partial charge in [0.2, 0.25) is 11.7 Å². The summed E-state index contributed by atoms with van der Waals surface area (Å²) in [5.41, 5.74) is 0.448. The molecule has 0 radical (unpaired) electrons. The van der Waals surface area contributed by atoms with E-state index in [0.29, 0.717) is 34.4 Å². The second-order valence-corrected chi connectivity index (χ2v) is 9.13. The second kappa shape index (κ2) is 10.1. The number of benzene rings is 2. The average Bonchev–Trinajstić information content (AvgIpc) is 3.19. The van der Waals surface area contributed by atoms with Crippen molar-refractivity contribution in [2.45, 2.75) is 38.2 Å².